The van der Waals surface area contributed by atoms with Crippen LogP contribution < -0.4 is 5.14 Å². The van der Waals surface area contributed by atoms with Crippen molar-refractivity contribution in [3.63, 3.8) is 0 Å². The van der Waals surface area contributed by atoms with Gasteiger partial charge in [0.25, 0.3) is 0 Å². The van der Waals surface area contributed by atoms with E-state index in [1.165, 1.54) is 18.2 Å². The molecule has 128 valence electrons. The molecule has 24 heavy (non-hydrogen) atoms. The zero-order valence-electron chi connectivity index (χ0n) is 13.7. The molecule has 1 atom stereocenters. The van der Waals surface area contributed by atoms with Gasteiger partial charge in [-0.2, -0.15) is 5.10 Å². The van der Waals surface area contributed by atoms with Gasteiger partial charge in [-0.15, -0.1) is 0 Å². The number of nitrogens with two attached hydrogens (primary N) is 1. The summed E-state index contributed by atoms with van der Waals surface area (Å²) >= 11 is 0. The van der Waals surface area contributed by atoms with Crippen molar-refractivity contribution in [3.8, 4) is 0 Å². The zero-order chi connectivity index (χ0) is 17.9. The van der Waals surface area contributed by atoms with E-state index >= 15 is 0 Å². The van der Waals surface area contributed by atoms with Gasteiger partial charge in [0.15, 0.2) is 0 Å². The molecule has 1 unspecified atom stereocenters. The molecule has 0 fully saturated rings. The summed E-state index contributed by atoms with van der Waals surface area (Å²) in [5.41, 5.74) is 1.65. The molecule has 1 heterocycles. The van der Waals surface area contributed by atoms with Crippen molar-refractivity contribution < 1.29 is 13.2 Å². The van der Waals surface area contributed by atoms with Gasteiger partial charge in [-0.05, 0) is 30.7 Å². The molecule has 1 aromatic heterocycles. The van der Waals surface area contributed by atoms with Crippen molar-refractivity contribution in [2.45, 2.75) is 17.9 Å². The van der Waals surface area contributed by atoms with E-state index in [1.54, 1.807) is 54.3 Å². The second-order valence-corrected chi connectivity index (χ2v) is 7.08. The third-order valence-electron chi connectivity index (χ3n) is 3.76. The summed E-state index contributed by atoms with van der Waals surface area (Å²) in [4.78, 5) is 13.9. The zero-order valence-corrected chi connectivity index (χ0v) is 14.6. The summed E-state index contributed by atoms with van der Waals surface area (Å²) in [6, 6.07) is 5.96. The molecule has 0 saturated carbocycles. The summed E-state index contributed by atoms with van der Waals surface area (Å²) in [5, 5.41) is 9.11. The normalized spacial score (nSPS) is 13.2. The van der Waals surface area contributed by atoms with E-state index < -0.39 is 10.0 Å². The van der Waals surface area contributed by atoms with Crippen LogP contribution in [0, 0.1) is 0 Å². The maximum absolute atomic E-state index is 12.3. The van der Waals surface area contributed by atoms with Crippen molar-refractivity contribution in [1.29, 1.82) is 0 Å². The summed E-state index contributed by atoms with van der Waals surface area (Å²) in [6.45, 7) is 1.86. The number of carbonyl (C=O) groups excluding carboxylic acids is 1. The van der Waals surface area contributed by atoms with Gasteiger partial charge in [0.1, 0.15) is 0 Å². The quantitative estimate of drug-likeness (QED) is 0.823. The second-order valence-electron chi connectivity index (χ2n) is 5.52. The predicted octanol–water partition coefficient (Wildman–Crippen LogP) is 1.30. The van der Waals surface area contributed by atoms with E-state index in [0.29, 0.717) is 0 Å². The molecule has 0 aliphatic carbocycles. The van der Waals surface area contributed by atoms with Crippen LogP contribution in [0.1, 0.15) is 24.1 Å². The molecule has 8 heteroatoms. The molecule has 1 amide bonds. The Kier molecular flexibility index (Phi) is 5.20. The largest absolute Gasteiger partial charge is 0.335 e. The van der Waals surface area contributed by atoms with E-state index in [4.69, 9.17) is 5.14 Å². The fourth-order valence-corrected chi connectivity index (χ4v) is 2.68. The molecule has 0 aliphatic heterocycles. The average molecular weight is 348 g/mol. The molecule has 7 nitrogen and oxygen atoms in total. The van der Waals surface area contributed by atoms with E-state index in [9.17, 15) is 13.2 Å². The molecule has 2 aromatic rings. The topological polar surface area (TPSA) is 98.3 Å². The number of rotatable bonds is 5. The third kappa shape index (κ3) is 4.30. The van der Waals surface area contributed by atoms with Gasteiger partial charge in [0, 0.05) is 31.9 Å². The Morgan fingerprint density at radius 1 is 1.33 bits per heavy atom. The van der Waals surface area contributed by atoms with Gasteiger partial charge in [0.05, 0.1) is 17.1 Å². The number of nitrogens with zero attached hydrogens (tertiary/aromatic N) is 3. The lowest BCUT2D eigenvalue weighted by molar-refractivity contribution is -0.126. The molecule has 1 aromatic carbocycles. The van der Waals surface area contributed by atoms with Crippen LogP contribution in [0.5, 0.6) is 0 Å². The van der Waals surface area contributed by atoms with Crippen LogP contribution in [-0.4, -0.2) is 36.1 Å². The minimum atomic E-state index is -3.72. The minimum Gasteiger partial charge on any atom is -0.335 e. The number of carbonyl (C=O) groups is 1. The number of primary sulfonamides is 1. The molecule has 0 spiro atoms. The molecule has 0 radical (unpaired) electrons. The minimum absolute atomic E-state index is 0.0453. The maximum atomic E-state index is 12.3. The summed E-state index contributed by atoms with van der Waals surface area (Å²) < 4.78 is 24.2. The Labute approximate surface area is 141 Å². The standard InChI is InChI=1S/C16H20N4O3S/c1-12(14-5-7-15(8-6-14)24(17,22)23)20(3)16(21)9-4-13-10-18-19(2)11-13/h4-12H,1-3H3,(H2,17,22,23)/b9-4+. The Balaban J connectivity index is 2.09. The first-order chi connectivity index (χ1) is 11.2. The number of hydrogen-bond donors (Lipinski definition) is 1. The van der Waals surface area contributed by atoms with Crippen LogP contribution in [0.4, 0.5) is 0 Å². The Bertz CT molecular complexity index is 854. The molecule has 2 rings (SSSR count). The van der Waals surface area contributed by atoms with Crippen LogP contribution in [0.25, 0.3) is 6.08 Å². The smallest absolute Gasteiger partial charge is 0.246 e. The van der Waals surface area contributed by atoms with Crippen molar-refractivity contribution >= 4 is 22.0 Å². The fraction of sp³-hybridized carbons (Fsp3) is 0.250. The summed E-state index contributed by atoms with van der Waals surface area (Å²) in [7, 11) is -0.226. The number of aryl methyl sites for hydroxylation is 1. The number of sulfonamides is 1. The van der Waals surface area contributed by atoms with Crippen LogP contribution in [0.3, 0.4) is 0 Å². The van der Waals surface area contributed by atoms with E-state index in [2.05, 4.69) is 5.10 Å². The highest BCUT2D eigenvalue weighted by Gasteiger charge is 2.16. The third-order valence-corrected chi connectivity index (χ3v) is 4.69. The van der Waals surface area contributed by atoms with E-state index in [-0.39, 0.29) is 16.8 Å². The average Bonchev–Trinajstić information content (AvgIpc) is 2.96. The van der Waals surface area contributed by atoms with Crippen LogP contribution in [-0.2, 0) is 21.9 Å². The number of aromatic nitrogens is 2. The van der Waals surface area contributed by atoms with Crippen LogP contribution in [0.15, 0.2) is 47.6 Å². The fourth-order valence-electron chi connectivity index (χ4n) is 2.16. The number of benzene rings is 1. The van der Waals surface area contributed by atoms with Gasteiger partial charge in [-0.1, -0.05) is 12.1 Å². The Morgan fingerprint density at radius 2 is 1.96 bits per heavy atom. The van der Waals surface area contributed by atoms with Crippen molar-refractivity contribution in [2.75, 3.05) is 7.05 Å². The number of amides is 1. The summed E-state index contributed by atoms with van der Waals surface area (Å²) in [6.07, 6.45) is 6.65. The lowest BCUT2D eigenvalue weighted by Crippen LogP contribution is -2.28. The van der Waals surface area contributed by atoms with Gasteiger partial charge in [-0.3, -0.25) is 9.48 Å². The lowest BCUT2D eigenvalue weighted by Gasteiger charge is -2.24. The second kappa shape index (κ2) is 6.98. The van der Waals surface area contributed by atoms with Gasteiger partial charge in [-0.25, -0.2) is 13.6 Å². The van der Waals surface area contributed by atoms with Crippen molar-refractivity contribution in [1.82, 2.24) is 14.7 Å². The van der Waals surface area contributed by atoms with Crippen molar-refractivity contribution in [3.05, 3.63) is 53.9 Å². The van der Waals surface area contributed by atoms with Crippen molar-refractivity contribution in [2.24, 2.45) is 12.2 Å². The van der Waals surface area contributed by atoms with Crippen LogP contribution >= 0.6 is 0 Å². The van der Waals surface area contributed by atoms with Gasteiger partial charge >= 0.3 is 0 Å². The Hall–Kier alpha value is -2.45. The van der Waals surface area contributed by atoms with E-state index in [0.717, 1.165) is 11.1 Å². The summed E-state index contributed by atoms with van der Waals surface area (Å²) in [5.74, 6) is -0.165. The molecular weight excluding hydrogens is 328 g/mol. The molecule has 0 bridgehead atoms. The first-order valence-corrected chi connectivity index (χ1v) is 8.79. The first-order valence-electron chi connectivity index (χ1n) is 7.25. The highest BCUT2D eigenvalue weighted by molar-refractivity contribution is 7.89. The number of hydrogen-bond acceptors (Lipinski definition) is 4. The van der Waals surface area contributed by atoms with Gasteiger partial charge < -0.3 is 4.90 Å². The molecular formula is C16H20N4O3S. The van der Waals surface area contributed by atoms with Gasteiger partial charge in [0.2, 0.25) is 15.9 Å². The van der Waals surface area contributed by atoms with Crippen LogP contribution in [0.2, 0.25) is 0 Å². The molecule has 0 aliphatic rings. The maximum Gasteiger partial charge on any atom is 0.246 e. The SMILES string of the molecule is CC(c1ccc(S(N)(=O)=O)cc1)N(C)C(=O)/C=C/c1cnn(C)c1. The highest BCUT2D eigenvalue weighted by atomic mass is 32.2. The lowest BCUT2D eigenvalue weighted by atomic mass is 10.1. The predicted molar refractivity (Wildman–Crippen MR) is 91.2 cm³/mol. The molecule has 0 saturated heterocycles. The Morgan fingerprint density at radius 3 is 2.46 bits per heavy atom. The molecule has 2 N–H and O–H groups in total. The monoisotopic (exact) mass is 348 g/mol. The first kappa shape index (κ1) is 17.9. The highest BCUT2D eigenvalue weighted by Crippen LogP contribution is 2.20. The van der Waals surface area contributed by atoms with E-state index in [1.807, 2.05) is 6.92 Å². The number of likely N-dealkylation sites (N-methyl/N-ethyl adjacent to an activating group) is 1.